The van der Waals surface area contributed by atoms with Crippen molar-refractivity contribution in [3.8, 4) is 0 Å². The fraction of sp³-hybridized carbons (Fsp3) is 0.467. The predicted molar refractivity (Wildman–Crippen MR) is 157 cm³/mol. The molecule has 5 heterocycles. The monoisotopic (exact) mass is 597 g/mol. The van der Waals surface area contributed by atoms with Gasteiger partial charge in [-0.25, -0.2) is 8.42 Å². The van der Waals surface area contributed by atoms with Gasteiger partial charge in [0.05, 0.1) is 17.7 Å². The number of rotatable bonds is 7. The minimum Gasteiger partial charge on any atom is -0.371 e. The number of ether oxygens (including phenoxy) is 1. The molecule has 2 fully saturated rings. The van der Waals surface area contributed by atoms with E-state index in [0.29, 0.717) is 31.7 Å². The molecule has 3 aliphatic heterocycles. The lowest BCUT2D eigenvalue weighted by Gasteiger charge is -2.39. The van der Waals surface area contributed by atoms with Gasteiger partial charge in [0.15, 0.2) is 0 Å². The van der Waals surface area contributed by atoms with Gasteiger partial charge in [-0.2, -0.15) is 4.31 Å². The van der Waals surface area contributed by atoms with Crippen LogP contribution in [0.15, 0.2) is 66.0 Å². The van der Waals surface area contributed by atoms with Gasteiger partial charge in [-0.15, -0.1) is 0 Å². The first kappa shape index (κ1) is 28.2. The Kier molecular flexibility index (Phi) is 7.84. The summed E-state index contributed by atoms with van der Waals surface area (Å²) in [5.41, 5.74) is 2.89. The summed E-state index contributed by atoms with van der Waals surface area (Å²) in [5, 5.41) is 0.204. The number of sulfonamides is 1. The van der Waals surface area contributed by atoms with Gasteiger partial charge in [0, 0.05) is 69.2 Å². The first-order chi connectivity index (χ1) is 19.8. The molecule has 2 aromatic heterocycles. The average Bonchev–Trinajstić information content (AvgIpc) is 3.61. The van der Waals surface area contributed by atoms with Gasteiger partial charge in [0.25, 0.3) is 0 Å². The molecule has 11 heteroatoms. The van der Waals surface area contributed by atoms with E-state index in [1.54, 1.807) is 25.1 Å². The third-order valence-electron chi connectivity index (χ3n) is 8.99. The van der Waals surface area contributed by atoms with Gasteiger partial charge in [-0.05, 0) is 67.5 Å². The van der Waals surface area contributed by atoms with Gasteiger partial charge in [-0.3, -0.25) is 9.78 Å². The Balaban J connectivity index is 1.08. The van der Waals surface area contributed by atoms with Crippen molar-refractivity contribution in [2.75, 3.05) is 50.8 Å². The number of hydrogen-bond acceptors (Lipinski definition) is 6. The van der Waals surface area contributed by atoms with Crippen molar-refractivity contribution in [3.63, 3.8) is 0 Å². The van der Waals surface area contributed by atoms with Crippen LogP contribution in [0.5, 0.6) is 0 Å². The molecule has 2 saturated heterocycles. The van der Waals surface area contributed by atoms with Crippen molar-refractivity contribution in [2.45, 2.75) is 43.7 Å². The molecule has 0 aliphatic carbocycles. The van der Waals surface area contributed by atoms with Crippen LogP contribution < -0.4 is 4.90 Å². The van der Waals surface area contributed by atoms with Crippen molar-refractivity contribution in [1.29, 1.82) is 0 Å². The zero-order valence-electron chi connectivity index (χ0n) is 23.3. The molecule has 0 saturated carbocycles. The maximum Gasteiger partial charge on any atom is 0.248 e. The first-order valence-corrected chi connectivity index (χ1v) is 16.0. The quantitative estimate of drug-likeness (QED) is 0.407. The van der Waals surface area contributed by atoms with Crippen LogP contribution in [-0.2, 0) is 26.1 Å². The maximum atomic E-state index is 13.8. The van der Waals surface area contributed by atoms with E-state index in [2.05, 4.69) is 22.0 Å². The molecule has 218 valence electrons. The van der Waals surface area contributed by atoms with Gasteiger partial charge < -0.3 is 19.1 Å². The molecule has 9 nitrogen and oxygen atoms in total. The van der Waals surface area contributed by atoms with Crippen molar-refractivity contribution < 1.29 is 17.9 Å². The lowest BCUT2D eigenvalue weighted by Crippen LogP contribution is -2.46. The Morgan fingerprint density at radius 3 is 2.54 bits per heavy atom. The highest BCUT2D eigenvalue weighted by Crippen LogP contribution is 2.42. The molecule has 0 N–H and O–H groups in total. The number of anilines is 1. The molecular weight excluding hydrogens is 562 g/mol. The highest BCUT2D eigenvalue weighted by molar-refractivity contribution is 7.89. The molecule has 1 unspecified atom stereocenters. The van der Waals surface area contributed by atoms with E-state index in [9.17, 15) is 13.2 Å². The number of pyridine rings is 1. The van der Waals surface area contributed by atoms with E-state index >= 15 is 0 Å². The topological polar surface area (TPSA) is 88.0 Å². The molecule has 0 bridgehead atoms. The van der Waals surface area contributed by atoms with Crippen LogP contribution >= 0.6 is 11.6 Å². The van der Waals surface area contributed by atoms with Crippen LogP contribution in [0.1, 0.15) is 36.6 Å². The second-order valence-electron chi connectivity index (χ2n) is 11.4. The van der Waals surface area contributed by atoms with Crippen LogP contribution in [0.25, 0.3) is 0 Å². The maximum absolute atomic E-state index is 13.8. The number of likely N-dealkylation sites (tertiary alicyclic amines) is 1. The lowest BCUT2D eigenvalue weighted by molar-refractivity contribution is -0.138. The summed E-state index contributed by atoms with van der Waals surface area (Å²) in [4.78, 5) is 21.7. The predicted octanol–water partition coefficient (Wildman–Crippen LogP) is 4.13. The average molecular weight is 598 g/mol. The van der Waals surface area contributed by atoms with E-state index in [0.717, 1.165) is 38.0 Å². The zero-order valence-corrected chi connectivity index (χ0v) is 24.9. The Morgan fingerprint density at radius 2 is 1.78 bits per heavy atom. The number of benzene rings is 1. The molecule has 3 aromatic rings. The first-order valence-electron chi connectivity index (χ1n) is 14.2. The number of aromatic nitrogens is 2. The van der Waals surface area contributed by atoms with E-state index in [1.807, 2.05) is 40.2 Å². The summed E-state index contributed by atoms with van der Waals surface area (Å²) in [6.45, 7) is 6.04. The number of carbonyl (C=O) groups excluding carboxylic acids is 1. The number of piperidine rings is 1. The fourth-order valence-corrected chi connectivity index (χ4v) is 9.02. The summed E-state index contributed by atoms with van der Waals surface area (Å²) in [7, 11) is -3.90. The molecule has 1 aromatic carbocycles. The molecule has 41 heavy (non-hydrogen) atoms. The molecule has 0 radical (unpaired) electrons. The number of amides is 1. The second kappa shape index (κ2) is 11.4. The van der Waals surface area contributed by atoms with E-state index in [4.69, 9.17) is 16.3 Å². The van der Waals surface area contributed by atoms with Gasteiger partial charge in [0.2, 0.25) is 15.9 Å². The molecule has 1 spiro atoms. The molecule has 6 rings (SSSR count). The van der Waals surface area contributed by atoms with Crippen LogP contribution in [0.3, 0.4) is 0 Å². The minimum atomic E-state index is -3.90. The van der Waals surface area contributed by atoms with Gasteiger partial charge >= 0.3 is 0 Å². The van der Waals surface area contributed by atoms with Crippen molar-refractivity contribution >= 4 is 33.2 Å². The van der Waals surface area contributed by atoms with Crippen LogP contribution in [0.2, 0.25) is 5.02 Å². The van der Waals surface area contributed by atoms with Crippen LogP contribution in [0.4, 0.5) is 5.69 Å². The molecule has 1 amide bonds. The van der Waals surface area contributed by atoms with E-state index in [-0.39, 0.29) is 34.5 Å². The Bertz CT molecular complexity index is 1480. The van der Waals surface area contributed by atoms with E-state index in [1.165, 1.54) is 9.99 Å². The number of fused-ring (bicyclic) bond motifs is 1. The largest absolute Gasteiger partial charge is 0.371 e. The normalized spacial score (nSPS) is 20.9. The summed E-state index contributed by atoms with van der Waals surface area (Å²) in [5.74, 6) is -0.0496. The fourth-order valence-electron chi connectivity index (χ4n) is 6.66. The van der Waals surface area contributed by atoms with Crippen molar-refractivity contribution in [1.82, 2.24) is 18.8 Å². The number of aryl methyl sites for hydroxylation is 1. The molecular formula is C30H36ClN5O4S. The summed E-state index contributed by atoms with van der Waals surface area (Å²) < 4.78 is 37.2. The highest BCUT2D eigenvalue weighted by atomic mass is 35.5. The number of nitrogens with zero attached hydrogens (tertiary/aromatic N) is 5. The van der Waals surface area contributed by atoms with Crippen LogP contribution in [-0.4, -0.2) is 79.0 Å². The Hall–Kier alpha value is -2.92. The Morgan fingerprint density at radius 1 is 1.02 bits per heavy atom. The van der Waals surface area contributed by atoms with Gasteiger partial charge in [-0.1, -0.05) is 23.7 Å². The number of hydrogen-bond donors (Lipinski definition) is 0. The van der Waals surface area contributed by atoms with Gasteiger partial charge in [0.1, 0.15) is 11.5 Å². The van der Waals surface area contributed by atoms with Crippen molar-refractivity contribution in [2.24, 2.45) is 5.41 Å². The zero-order chi connectivity index (χ0) is 28.6. The second-order valence-corrected chi connectivity index (χ2v) is 13.7. The smallest absolute Gasteiger partial charge is 0.248 e. The number of carbonyl (C=O) groups is 1. The van der Waals surface area contributed by atoms with Crippen LogP contribution in [0, 0.1) is 12.3 Å². The number of halogens is 1. The minimum absolute atomic E-state index is 0.0496. The lowest BCUT2D eigenvalue weighted by atomic mass is 9.78. The summed E-state index contributed by atoms with van der Waals surface area (Å²) in [6, 6.07) is 12.5. The Labute approximate surface area is 246 Å². The molecule has 1 atom stereocenters. The van der Waals surface area contributed by atoms with Crippen molar-refractivity contribution in [3.05, 3.63) is 77.3 Å². The SMILES string of the molecule is Cc1cccc(Cl)c1S(=O)(=O)N1CCn2cccc2C1COCC(=O)N1CCC2(CC1)CCN(c1ccncc1)C2. The standard InChI is InChI=1S/C30H36ClN5O4S/c1-23-4-2-5-25(31)29(23)41(38,39)36-19-18-33-14-3-6-26(33)27(36)20-40-21-28(37)34-15-9-30(10-16-34)11-17-35(22-30)24-7-12-32-13-8-24/h2-8,12-14,27H,9-11,15-22H2,1H3. The molecule has 3 aliphatic rings. The third kappa shape index (κ3) is 5.50. The highest BCUT2D eigenvalue weighted by Gasteiger charge is 2.42. The summed E-state index contributed by atoms with van der Waals surface area (Å²) >= 11 is 6.38. The van der Waals surface area contributed by atoms with E-state index < -0.39 is 16.1 Å². The third-order valence-corrected chi connectivity index (χ3v) is 11.5. The summed E-state index contributed by atoms with van der Waals surface area (Å²) in [6.07, 6.45) is 8.68.